The Hall–Kier alpha value is -2.40. The Bertz CT molecular complexity index is 923. The third-order valence-corrected chi connectivity index (χ3v) is 7.31. The standard InChI is InChI=1S/C26H32N2O3/c29-23-15-26(30)28(17-23)22-10-12-25(27-16-22)31-24-11-9-20-6-2-5-19(13-21(20)14-24)8-7-18-3-1-4-18/h9-12,14,16,18-19,23,29H,1-8,13,15,17H2/t19?,23-/m1/s1. The number of pyridine rings is 1. The second-order valence-electron chi connectivity index (χ2n) is 9.59. The van der Waals surface area contributed by atoms with Crippen LogP contribution in [0.25, 0.3) is 0 Å². The molecule has 0 spiro atoms. The lowest BCUT2D eigenvalue weighted by atomic mass is 9.79. The molecule has 1 aromatic heterocycles. The molecule has 1 N–H and O–H groups in total. The second kappa shape index (κ2) is 8.99. The van der Waals surface area contributed by atoms with Crippen molar-refractivity contribution in [2.24, 2.45) is 11.8 Å². The van der Waals surface area contributed by atoms with Crippen LogP contribution in [0.15, 0.2) is 36.5 Å². The monoisotopic (exact) mass is 420 g/mol. The Morgan fingerprint density at radius 3 is 2.55 bits per heavy atom. The number of aryl methyl sites for hydroxylation is 1. The van der Waals surface area contributed by atoms with E-state index >= 15 is 0 Å². The highest BCUT2D eigenvalue weighted by Gasteiger charge is 2.29. The summed E-state index contributed by atoms with van der Waals surface area (Å²) in [6.07, 6.45) is 13.3. The summed E-state index contributed by atoms with van der Waals surface area (Å²) in [6, 6.07) is 10.1. The van der Waals surface area contributed by atoms with Gasteiger partial charge in [0, 0.05) is 6.07 Å². The molecule has 5 rings (SSSR count). The zero-order valence-electron chi connectivity index (χ0n) is 18.1. The fourth-order valence-electron chi connectivity index (χ4n) is 5.24. The van der Waals surface area contributed by atoms with E-state index in [1.54, 1.807) is 17.2 Å². The maximum absolute atomic E-state index is 12.0. The van der Waals surface area contributed by atoms with Crippen molar-refractivity contribution in [3.8, 4) is 11.6 Å². The summed E-state index contributed by atoms with van der Waals surface area (Å²) in [5.74, 6) is 3.06. The van der Waals surface area contributed by atoms with Crippen molar-refractivity contribution in [1.29, 1.82) is 0 Å². The van der Waals surface area contributed by atoms with Crippen molar-refractivity contribution >= 4 is 11.6 Å². The van der Waals surface area contributed by atoms with Gasteiger partial charge in [-0.3, -0.25) is 4.79 Å². The van der Waals surface area contributed by atoms with E-state index in [1.165, 1.54) is 56.1 Å². The van der Waals surface area contributed by atoms with Crippen LogP contribution in [0.5, 0.6) is 11.6 Å². The number of aliphatic hydroxyl groups excluding tert-OH is 1. The number of carbonyl (C=O) groups excluding carboxylic acids is 1. The number of fused-ring (bicyclic) bond motifs is 1. The molecule has 1 aliphatic heterocycles. The predicted molar refractivity (Wildman–Crippen MR) is 120 cm³/mol. The van der Waals surface area contributed by atoms with Crippen LogP contribution in [0.1, 0.15) is 62.5 Å². The van der Waals surface area contributed by atoms with Crippen molar-refractivity contribution < 1.29 is 14.6 Å². The lowest BCUT2D eigenvalue weighted by Gasteiger charge is -2.27. The summed E-state index contributed by atoms with van der Waals surface area (Å²) in [5, 5.41) is 9.68. The number of nitrogens with zero attached hydrogens (tertiary/aromatic N) is 2. The number of ether oxygens (including phenoxy) is 1. The highest BCUT2D eigenvalue weighted by Crippen LogP contribution is 2.36. The minimum absolute atomic E-state index is 0.0689. The molecule has 2 aromatic rings. The molecule has 0 bridgehead atoms. The van der Waals surface area contributed by atoms with Gasteiger partial charge in [0.15, 0.2) is 0 Å². The van der Waals surface area contributed by atoms with E-state index in [2.05, 4.69) is 17.1 Å². The van der Waals surface area contributed by atoms with Crippen LogP contribution in [-0.2, 0) is 17.6 Å². The molecule has 1 saturated carbocycles. The summed E-state index contributed by atoms with van der Waals surface area (Å²) in [6.45, 7) is 0.327. The van der Waals surface area contributed by atoms with Crippen molar-refractivity contribution in [3.63, 3.8) is 0 Å². The molecule has 5 nitrogen and oxygen atoms in total. The zero-order valence-corrected chi connectivity index (χ0v) is 18.1. The van der Waals surface area contributed by atoms with Crippen LogP contribution in [0.3, 0.4) is 0 Å². The number of amides is 1. The van der Waals surface area contributed by atoms with Gasteiger partial charge in [0.05, 0.1) is 31.0 Å². The van der Waals surface area contributed by atoms with Crippen LogP contribution in [0.2, 0.25) is 0 Å². The minimum Gasteiger partial charge on any atom is -0.439 e. The first-order valence-corrected chi connectivity index (χ1v) is 11.9. The van der Waals surface area contributed by atoms with Gasteiger partial charge in [-0.25, -0.2) is 4.98 Å². The van der Waals surface area contributed by atoms with Gasteiger partial charge in [-0.05, 0) is 73.3 Å². The summed E-state index contributed by atoms with van der Waals surface area (Å²) < 4.78 is 6.05. The Kier molecular flexibility index (Phi) is 5.95. The molecule has 1 saturated heterocycles. The maximum Gasteiger partial charge on any atom is 0.229 e. The first-order valence-electron chi connectivity index (χ1n) is 11.9. The van der Waals surface area contributed by atoms with Crippen LogP contribution < -0.4 is 9.64 Å². The van der Waals surface area contributed by atoms with E-state index in [0.717, 1.165) is 30.4 Å². The quantitative estimate of drug-likeness (QED) is 0.665. The second-order valence-corrected chi connectivity index (χ2v) is 9.59. The number of benzene rings is 1. The summed E-state index contributed by atoms with van der Waals surface area (Å²) >= 11 is 0. The lowest BCUT2D eigenvalue weighted by Crippen LogP contribution is -2.25. The van der Waals surface area contributed by atoms with Crippen LogP contribution in [0.4, 0.5) is 5.69 Å². The summed E-state index contributed by atoms with van der Waals surface area (Å²) in [7, 11) is 0. The van der Waals surface area contributed by atoms with E-state index in [1.807, 2.05) is 12.1 Å². The van der Waals surface area contributed by atoms with Gasteiger partial charge >= 0.3 is 0 Å². The number of β-amino-alcohol motifs (C(OH)–C–C–N with tert-alkyl or cyclic N) is 1. The average molecular weight is 421 g/mol. The molecule has 1 amide bonds. The predicted octanol–water partition coefficient (Wildman–Crippen LogP) is 5.05. The molecule has 2 fully saturated rings. The summed E-state index contributed by atoms with van der Waals surface area (Å²) in [5.41, 5.74) is 3.60. The molecule has 1 unspecified atom stereocenters. The van der Waals surface area contributed by atoms with Gasteiger partial charge in [0.2, 0.25) is 11.8 Å². The molecule has 164 valence electrons. The van der Waals surface area contributed by atoms with Crippen LogP contribution in [0, 0.1) is 11.8 Å². The molecule has 2 aliphatic carbocycles. The number of hydrogen-bond acceptors (Lipinski definition) is 4. The molecular weight excluding hydrogens is 388 g/mol. The number of aromatic nitrogens is 1. The van der Waals surface area contributed by atoms with Gasteiger partial charge in [-0.1, -0.05) is 31.7 Å². The van der Waals surface area contributed by atoms with Crippen molar-refractivity contribution in [2.45, 2.75) is 70.3 Å². The SMILES string of the molecule is O=C1C[C@@H](O)CN1c1ccc(Oc2ccc3c(c2)CC(CCC2CCC2)CCC3)nc1. The Morgan fingerprint density at radius 1 is 1.00 bits per heavy atom. The number of carbonyl (C=O) groups is 1. The molecule has 2 atom stereocenters. The Balaban J connectivity index is 1.24. The van der Waals surface area contributed by atoms with Crippen molar-refractivity contribution in [3.05, 3.63) is 47.7 Å². The number of hydrogen-bond donors (Lipinski definition) is 1. The first kappa shape index (κ1) is 20.5. The van der Waals surface area contributed by atoms with Gasteiger partial charge in [0.1, 0.15) is 5.75 Å². The molecule has 1 aromatic carbocycles. The van der Waals surface area contributed by atoms with Gasteiger partial charge in [-0.2, -0.15) is 0 Å². The molecule has 2 heterocycles. The fraction of sp³-hybridized carbons (Fsp3) is 0.538. The first-order chi connectivity index (χ1) is 15.1. The Labute approximate surface area is 184 Å². The Morgan fingerprint density at radius 2 is 1.84 bits per heavy atom. The van der Waals surface area contributed by atoms with Gasteiger partial charge in [-0.15, -0.1) is 0 Å². The minimum atomic E-state index is -0.597. The van der Waals surface area contributed by atoms with Crippen LogP contribution in [-0.4, -0.2) is 28.6 Å². The fourth-order valence-corrected chi connectivity index (χ4v) is 5.24. The zero-order chi connectivity index (χ0) is 21.2. The summed E-state index contributed by atoms with van der Waals surface area (Å²) in [4.78, 5) is 17.9. The molecule has 3 aliphatic rings. The van der Waals surface area contributed by atoms with Crippen molar-refractivity contribution in [1.82, 2.24) is 4.98 Å². The van der Waals surface area contributed by atoms with E-state index in [-0.39, 0.29) is 12.3 Å². The van der Waals surface area contributed by atoms with E-state index < -0.39 is 6.10 Å². The highest BCUT2D eigenvalue weighted by molar-refractivity contribution is 5.95. The topological polar surface area (TPSA) is 62.7 Å². The van der Waals surface area contributed by atoms with E-state index in [9.17, 15) is 9.90 Å². The third-order valence-electron chi connectivity index (χ3n) is 7.31. The molecule has 0 radical (unpaired) electrons. The smallest absolute Gasteiger partial charge is 0.229 e. The number of aliphatic hydroxyl groups is 1. The third kappa shape index (κ3) is 4.77. The van der Waals surface area contributed by atoms with Gasteiger partial charge in [0.25, 0.3) is 0 Å². The van der Waals surface area contributed by atoms with E-state index in [0.29, 0.717) is 18.1 Å². The number of anilines is 1. The van der Waals surface area contributed by atoms with E-state index in [4.69, 9.17) is 4.74 Å². The van der Waals surface area contributed by atoms with Gasteiger partial charge < -0.3 is 14.7 Å². The van der Waals surface area contributed by atoms with Crippen LogP contribution >= 0.6 is 0 Å². The maximum atomic E-state index is 12.0. The molecule has 31 heavy (non-hydrogen) atoms. The highest BCUT2D eigenvalue weighted by atomic mass is 16.5. The molecule has 5 heteroatoms. The van der Waals surface area contributed by atoms with Crippen molar-refractivity contribution in [2.75, 3.05) is 11.4 Å². The largest absolute Gasteiger partial charge is 0.439 e. The lowest BCUT2D eigenvalue weighted by molar-refractivity contribution is -0.117. The molecular formula is C26H32N2O3. The normalized spacial score (nSPS) is 23.9. The number of rotatable bonds is 6. The average Bonchev–Trinajstić information content (AvgIpc) is 2.93.